The normalized spacial score (nSPS) is 32.9. The van der Waals surface area contributed by atoms with Crippen molar-refractivity contribution in [1.82, 2.24) is 10.2 Å². The number of carbonyl (C=O) groups excluding carboxylic acids is 1. The smallest absolute Gasteiger partial charge is 0.225 e. The molecule has 0 aromatic heterocycles. The van der Waals surface area contributed by atoms with E-state index in [0.717, 1.165) is 25.1 Å². The summed E-state index contributed by atoms with van der Waals surface area (Å²) in [5.74, 6) is 2.97. The van der Waals surface area contributed by atoms with Crippen molar-refractivity contribution in [2.24, 2.45) is 5.92 Å². The molecule has 2 heterocycles. The van der Waals surface area contributed by atoms with Crippen LogP contribution in [-0.4, -0.2) is 48.0 Å². The van der Waals surface area contributed by atoms with Gasteiger partial charge >= 0.3 is 0 Å². The molecule has 0 spiro atoms. The lowest BCUT2D eigenvalue weighted by Gasteiger charge is -2.32. The number of thioether (sulfide) groups is 1. The summed E-state index contributed by atoms with van der Waals surface area (Å²) >= 11 is 1.97. The largest absolute Gasteiger partial charge is 0.342 e. The Balaban J connectivity index is 0.00000144. The maximum atomic E-state index is 12.3. The van der Waals surface area contributed by atoms with Crippen LogP contribution < -0.4 is 5.32 Å². The average Bonchev–Trinajstić information content (AvgIpc) is 2.80. The van der Waals surface area contributed by atoms with Crippen LogP contribution in [-0.2, 0) is 4.79 Å². The molecule has 1 N–H and O–H groups in total. The van der Waals surface area contributed by atoms with Crippen molar-refractivity contribution in [3.63, 3.8) is 0 Å². The van der Waals surface area contributed by atoms with Crippen LogP contribution in [0.1, 0.15) is 26.2 Å². The van der Waals surface area contributed by atoms with Gasteiger partial charge in [-0.15, -0.1) is 12.4 Å². The number of piperidine rings is 1. The van der Waals surface area contributed by atoms with Gasteiger partial charge in [-0.1, -0.05) is 0 Å². The van der Waals surface area contributed by atoms with E-state index in [1.54, 1.807) is 0 Å². The Morgan fingerprint density at radius 3 is 2.76 bits per heavy atom. The van der Waals surface area contributed by atoms with Crippen LogP contribution in [0.5, 0.6) is 0 Å². The summed E-state index contributed by atoms with van der Waals surface area (Å²) in [6, 6.07) is 0.983. The molecular weight excluding hydrogens is 256 g/mol. The van der Waals surface area contributed by atoms with E-state index in [0.29, 0.717) is 18.0 Å². The predicted molar refractivity (Wildman–Crippen MR) is 75.9 cm³/mol. The van der Waals surface area contributed by atoms with Gasteiger partial charge in [0.2, 0.25) is 5.91 Å². The molecule has 0 aromatic carbocycles. The summed E-state index contributed by atoms with van der Waals surface area (Å²) in [6.45, 7) is 3.16. The van der Waals surface area contributed by atoms with Gasteiger partial charge in [0.15, 0.2) is 0 Å². The number of nitrogens with one attached hydrogen (secondary N) is 1. The van der Waals surface area contributed by atoms with E-state index in [4.69, 9.17) is 0 Å². The average molecular weight is 279 g/mol. The fourth-order valence-electron chi connectivity index (χ4n) is 2.65. The molecule has 2 aliphatic rings. The fraction of sp³-hybridized carbons (Fsp3) is 0.917. The number of carbonyl (C=O) groups is 1. The van der Waals surface area contributed by atoms with Crippen molar-refractivity contribution in [2.45, 2.75) is 38.3 Å². The highest BCUT2D eigenvalue weighted by Gasteiger charge is 2.31. The molecule has 1 amide bonds. The Kier molecular flexibility index (Phi) is 6.10. The molecule has 17 heavy (non-hydrogen) atoms. The molecular formula is C12H23ClN2OS. The summed E-state index contributed by atoms with van der Waals surface area (Å²) < 4.78 is 0. The quantitative estimate of drug-likeness (QED) is 0.835. The molecule has 1 unspecified atom stereocenters. The molecule has 100 valence electrons. The molecule has 2 rings (SSSR count). The summed E-state index contributed by atoms with van der Waals surface area (Å²) in [5.41, 5.74) is 0. The second kappa shape index (κ2) is 6.86. The number of rotatable bonds is 2. The lowest BCUT2D eigenvalue weighted by atomic mass is 9.91. The molecule has 2 fully saturated rings. The lowest BCUT2D eigenvalue weighted by Crippen LogP contribution is -2.46. The second-order valence-corrected chi connectivity index (χ2v) is 6.19. The van der Waals surface area contributed by atoms with Gasteiger partial charge in [-0.25, -0.2) is 0 Å². The first-order valence-corrected chi connectivity index (χ1v) is 7.41. The molecule has 2 saturated heterocycles. The molecule has 0 saturated carbocycles. The van der Waals surface area contributed by atoms with E-state index in [1.807, 2.05) is 23.7 Å². The molecule has 2 aliphatic heterocycles. The van der Waals surface area contributed by atoms with Gasteiger partial charge in [0.1, 0.15) is 0 Å². The Morgan fingerprint density at radius 2 is 2.18 bits per heavy atom. The topological polar surface area (TPSA) is 32.3 Å². The van der Waals surface area contributed by atoms with Gasteiger partial charge in [-0.2, -0.15) is 11.8 Å². The minimum absolute atomic E-state index is 0. The number of halogens is 1. The van der Waals surface area contributed by atoms with Gasteiger partial charge < -0.3 is 10.2 Å². The van der Waals surface area contributed by atoms with Gasteiger partial charge in [-0.3, -0.25) is 4.79 Å². The van der Waals surface area contributed by atoms with Crippen LogP contribution >= 0.6 is 24.2 Å². The molecule has 0 aliphatic carbocycles. The van der Waals surface area contributed by atoms with Crippen LogP contribution in [0.4, 0.5) is 0 Å². The number of amides is 1. The summed E-state index contributed by atoms with van der Waals surface area (Å²) in [7, 11) is 1.99. The summed E-state index contributed by atoms with van der Waals surface area (Å²) in [6.07, 6.45) is 3.18. The molecule has 0 bridgehead atoms. The Bertz CT molecular complexity index is 255. The van der Waals surface area contributed by atoms with Crippen LogP contribution in [0.2, 0.25) is 0 Å². The first-order valence-electron chi connectivity index (χ1n) is 6.26. The minimum Gasteiger partial charge on any atom is -0.342 e. The monoisotopic (exact) mass is 278 g/mol. The Labute approximate surface area is 114 Å². The highest BCUT2D eigenvalue weighted by atomic mass is 35.5. The Hall–Kier alpha value is 0.0700. The number of hydrogen-bond donors (Lipinski definition) is 1. The van der Waals surface area contributed by atoms with E-state index in [1.165, 1.54) is 12.2 Å². The first kappa shape index (κ1) is 15.1. The standard InChI is InChI=1S/C12H22N2OS.ClH/c1-9-7-10(3-5-13-9)12(15)14(2)11-4-6-16-8-11;/h9-11,13H,3-8H2,1-2H3;1H/t9-,10-,11?;/m0./s1. The van der Waals surface area contributed by atoms with Crippen molar-refractivity contribution in [2.75, 3.05) is 25.1 Å². The minimum atomic E-state index is 0. The van der Waals surface area contributed by atoms with Crippen molar-refractivity contribution >= 4 is 30.1 Å². The number of hydrogen-bond acceptors (Lipinski definition) is 3. The zero-order valence-electron chi connectivity index (χ0n) is 10.6. The van der Waals surface area contributed by atoms with Crippen molar-refractivity contribution < 1.29 is 4.79 Å². The van der Waals surface area contributed by atoms with E-state index in [-0.39, 0.29) is 18.3 Å². The zero-order valence-corrected chi connectivity index (χ0v) is 12.3. The lowest BCUT2D eigenvalue weighted by molar-refractivity contribution is -0.137. The zero-order chi connectivity index (χ0) is 11.5. The van der Waals surface area contributed by atoms with Crippen molar-refractivity contribution in [1.29, 1.82) is 0 Å². The SMILES string of the molecule is C[C@H]1C[C@@H](C(=O)N(C)C2CCSC2)CCN1.Cl. The van der Waals surface area contributed by atoms with E-state index < -0.39 is 0 Å². The van der Waals surface area contributed by atoms with Crippen molar-refractivity contribution in [3.8, 4) is 0 Å². The summed E-state index contributed by atoms with van der Waals surface area (Å²) in [4.78, 5) is 14.3. The maximum absolute atomic E-state index is 12.3. The molecule has 5 heteroatoms. The van der Waals surface area contributed by atoms with Gasteiger partial charge in [0.25, 0.3) is 0 Å². The van der Waals surface area contributed by atoms with Crippen LogP contribution in [0.25, 0.3) is 0 Å². The van der Waals surface area contributed by atoms with E-state index in [2.05, 4.69) is 12.2 Å². The highest BCUT2D eigenvalue weighted by Crippen LogP contribution is 2.25. The summed E-state index contributed by atoms with van der Waals surface area (Å²) in [5, 5.41) is 3.40. The van der Waals surface area contributed by atoms with Gasteiger partial charge in [-0.05, 0) is 38.5 Å². The molecule has 3 atom stereocenters. The van der Waals surface area contributed by atoms with Crippen LogP contribution in [0.15, 0.2) is 0 Å². The first-order chi connectivity index (χ1) is 7.68. The maximum Gasteiger partial charge on any atom is 0.225 e. The molecule has 0 aromatic rings. The second-order valence-electron chi connectivity index (χ2n) is 5.04. The van der Waals surface area contributed by atoms with Crippen molar-refractivity contribution in [3.05, 3.63) is 0 Å². The molecule has 0 radical (unpaired) electrons. The third kappa shape index (κ3) is 3.76. The van der Waals surface area contributed by atoms with E-state index in [9.17, 15) is 4.79 Å². The van der Waals surface area contributed by atoms with Gasteiger partial charge in [0, 0.05) is 30.8 Å². The predicted octanol–water partition coefficient (Wildman–Crippen LogP) is 1.76. The van der Waals surface area contributed by atoms with E-state index >= 15 is 0 Å². The van der Waals surface area contributed by atoms with Crippen LogP contribution in [0, 0.1) is 5.92 Å². The van der Waals surface area contributed by atoms with Gasteiger partial charge in [0.05, 0.1) is 0 Å². The number of nitrogens with zero attached hydrogens (tertiary/aromatic N) is 1. The third-order valence-electron chi connectivity index (χ3n) is 3.77. The third-order valence-corrected chi connectivity index (χ3v) is 4.92. The fourth-order valence-corrected chi connectivity index (χ4v) is 3.92. The van der Waals surface area contributed by atoms with Crippen LogP contribution in [0.3, 0.4) is 0 Å². The Morgan fingerprint density at radius 1 is 1.41 bits per heavy atom. The molecule has 3 nitrogen and oxygen atoms in total. The highest BCUT2D eigenvalue weighted by molar-refractivity contribution is 7.99.